The number of amides is 2. The fourth-order valence-electron chi connectivity index (χ4n) is 3.26. The maximum Gasteiger partial charge on any atom is 0.239 e. The number of rotatable bonds is 7. The summed E-state index contributed by atoms with van der Waals surface area (Å²) in [4.78, 5) is 25.6. The predicted molar refractivity (Wildman–Crippen MR) is 95.1 cm³/mol. The van der Waals surface area contributed by atoms with Crippen molar-refractivity contribution < 1.29 is 14.0 Å². The molecule has 1 aliphatic rings. The van der Waals surface area contributed by atoms with Crippen LogP contribution in [0.1, 0.15) is 42.9 Å². The highest BCUT2D eigenvalue weighted by molar-refractivity contribution is 5.85. The van der Waals surface area contributed by atoms with Crippen LogP contribution in [0.25, 0.3) is 0 Å². The van der Waals surface area contributed by atoms with Crippen LogP contribution in [0.5, 0.6) is 0 Å². The van der Waals surface area contributed by atoms with Crippen LogP contribution in [-0.2, 0) is 9.59 Å². The van der Waals surface area contributed by atoms with Crippen LogP contribution in [0, 0.1) is 0 Å². The minimum Gasteiger partial charge on any atom is -0.469 e. The molecule has 1 fully saturated rings. The molecule has 0 spiro atoms. The Morgan fingerprint density at radius 3 is 2.72 bits per heavy atom. The zero-order valence-corrected chi connectivity index (χ0v) is 14.3. The molecule has 0 radical (unpaired) electrons. The van der Waals surface area contributed by atoms with Gasteiger partial charge in [0.1, 0.15) is 5.76 Å². The van der Waals surface area contributed by atoms with Gasteiger partial charge in [0.2, 0.25) is 11.8 Å². The first-order chi connectivity index (χ1) is 12.2. The molecule has 2 amide bonds. The van der Waals surface area contributed by atoms with Gasteiger partial charge < -0.3 is 14.6 Å². The first-order valence-corrected chi connectivity index (χ1v) is 8.87. The third kappa shape index (κ3) is 4.72. The molecule has 25 heavy (non-hydrogen) atoms. The molecule has 5 nitrogen and oxygen atoms in total. The molecular weight excluding hydrogens is 316 g/mol. The lowest BCUT2D eigenvalue weighted by molar-refractivity contribution is -0.137. The van der Waals surface area contributed by atoms with Gasteiger partial charge in [0, 0.05) is 25.4 Å². The molecule has 1 aromatic heterocycles. The summed E-state index contributed by atoms with van der Waals surface area (Å²) >= 11 is 0. The third-order valence-electron chi connectivity index (χ3n) is 4.60. The zero-order valence-electron chi connectivity index (χ0n) is 14.3. The maximum absolute atomic E-state index is 12.1. The number of nitrogens with one attached hydrogen (secondary N) is 1. The second kappa shape index (κ2) is 8.51. The Balaban J connectivity index is 1.53. The van der Waals surface area contributed by atoms with E-state index in [4.69, 9.17) is 4.42 Å². The van der Waals surface area contributed by atoms with Gasteiger partial charge in [-0.25, -0.2) is 0 Å². The number of likely N-dealkylation sites (tertiary alicyclic amines) is 1. The molecule has 0 unspecified atom stereocenters. The average molecular weight is 340 g/mol. The zero-order chi connectivity index (χ0) is 17.5. The fraction of sp³-hybridized carbons (Fsp3) is 0.400. The molecule has 5 heteroatoms. The van der Waals surface area contributed by atoms with Gasteiger partial charge in [-0.15, -0.1) is 0 Å². The summed E-state index contributed by atoms with van der Waals surface area (Å²) < 4.78 is 5.58. The molecule has 0 bridgehead atoms. The topological polar surface area (TPSA) is 62.6 Å². The lowest BCUT2D eigenvalue weighted by atomic mass is 9.93. The van der Waals surface area contributed by atoms with Crippen molar-refractivity contribution in [2.75, 3.05) is 19.6 Å². The van der Waals surface area contributed by atoms with E-state index in [2.05, 4.69) is 17.4 Å². The standard InChI is InChI=1S/C20H24N2O3/c23-19(15-22-13-5-4-10-20(22)24)21-12-11-17(18-9-6-14-25-18)16-7-2-1-3-8-16/h1-3,6-9,14,17H,4-5,10-13,15H2,(H,21,23)/t17-/m1/s1. The number of carbonyl (C=O) groups excluding carboxylic acids is 2. The van der Waals surface area contributed by atoms with Gasteiger partial charge in [-0.1, -0.05) is 30.3 Å². The second-order valence-electron chi connectivity index (χ2n) is 6.39. The first-order valence-electron chi connectivity index (χ1n) is 8.87. The Morgan fingerprint density at radius 1 is 1.16 bits per heavy atom. The van der Waals surface area contributed by atoms with E-state index in [1.807, 2.05) is 30.3 Å². The number of furan rings is 1. The fourth-order valence-corrected chi connectivity index (χ4v) is 3.26. The third-order valence-corrected chi connectivity index (χ3v) is 4.60. The van der Waals surface area contributed by atoms with E-state index in [0.29, 0.717) is 19.5 Å². The molecule has 2 aromatic rings. The number of hydrogen-bond donors (Lipinski definition) is 1. The second-order valence-corrected chi connectivity index (χ2v) is 6.39. The molecule has 3 rings (SSSR count). The van der Waals surface area contributed by atoms with Crippen LogP contribution in [0.3, 0.4) is 0 Å². The van der Waals surface area contributed by atoms with Crippen LogP contribution >= 0.6 is 0 Å². The van der Waals surface area contributed by atoms with Crippen molar-refractivity contribution in [1.29, 1.82) is 0 Å². The van der Waals surface area contributed by atoms with Crippen LogP contribution in [0.2, 0.25) is 0 Å². The van der Waals surface area contributed by atoms with E-state index in [0.717, 1.165) is 30.6 Å². The first kappa shape index (κ1) is 17.3. The van der Waals surface area contributed by atoms with Crippen molar-refractivity contribution in [2.24, 2.45) is 0 Å². The molecular formula is C20H24N2O3. The highest BCUT2D eigenvalue weighted by Gasteiger charge is 2.21. The maximum atomic E-state index is 12.1. The van der Waals surface area contributed by atoms with E-state index >= 15 is 0 Å². The minimum atomic E-state index is -0.0958. The lowest BCUT2D eigenvalue weighted by Crippen LogP contribution is -2.43. The summed E-state index contributed by atoms with van der Waals surface area (Å²) in [6.07, 6.45) is 4.89. The van der Waals surface area contributed by atoms with Gasteiger partial charge in [-0.2, -0.15) is 0 Å². The minimum absolute atomic E-state index is 0.0825. The summed E-state index contributed by atoms with van der Waals surface area (Å²) in [6.45, 7) is 1.39. The van der Waals surface area contributed by atoms with E-state index in [-0.39, 0.29) is 24.3 Å². The average Bonchev–Trinajstić information content (AvgIpc) is 3.16. The molecule has 1 aromatic carbocycles. The number of piperidine rings is 1. The van der Waals surface area contributed by atoms with Crippen molar-refractivity contribution in [3.8, 4) is 0 Å². The summed E-state index contributed by atoms with van der Waals surface area (Å²) in [6, 6.07) is 14.0. The van der Waals surface area contributed by atoms with Gasteiger partial charge >= 0.3 is 0 Å². The van der Waals surface area contributed by atoms with Gasteiger partial charge in [0.15, 0.2) is 0 Å². The van der Waals surface area contributed by atoms with Crippen LogP contribution in [0.4, 0.5) is 0 Å². The van der Waals surface area contributed by atoms with Gasteiger partial charge in [-0.3, -0.25) is 9.59 Å². The Morgan fingerprint density at radius 2 is 2.00 bits per heavy atom. The van der Waals surface area contributed by atoms with Crippen molar-refractivity contribution in [3.05, 3.63) is 60.1 Å². The van der Waals surface area contributed by atoms with Crippen LogP contribution < -0.4 is 5.32 Å². The van der Waals surface area contributed by atoms with Gasteiger partial charge in [0.25, 0.3) is 0 Å². The molecule has 2 heterocycles. The van der Waals surface area contributed by atoms with Crippen molar-refractivity contribution in [2.45, 2.75) is 31.6 Å². The van der Waals surface area contributed by atoms with Crippen molar-refractivity contribution in [3.63, 3.8) is 0 Å². The number of benzene rings is 1. The summed E-state index contributed by atoms with van der Waals surface area (Å²) in [5, 5.41) is 2.94. The number of carbonyl (C=O) groups is 2. The largest absolute Gasteiger partial charge is 0.469 e. The SMILES string of the molecule is O=C(CN1CCCCC1=O)NCC[C@H](c1ccccc1)c1ccco1. The normalized spacial score (nSPS) is 15.8. The summed E-state index contributed by atoms with van der Waals surface area (Å²) in [5.74, 6) is 0.987. The van der Waals surface area contributed by atoms with Crippen LogP contribution in [-0.4, -0.2) is 36.3 Å². The Labute approximate surface area is 148 Å². The molecule has 1 aliphatic heterocycles. The van der Waals surface area contributed by atoms with E-state index in [1.54, 1.807) is 11.2 Å². The van der Waals surface area contributed by atoms with E-state index in [9.17, 15) is 9.59 Å². The monoisotopic (exact) mass is 340 g/mol. The summed E-state index contributed by atoms with van der Waals surface area (Å²) in [7, 11) is 0. The molecule has 0 saturated carbocycles. The van der Waals surface area contributed by atoms with E-state index < -0.39 is 0 Å². The number of nitrogens with zero attached hydrogens (tertiary/aromatic N) is 1. The smallest absolute Gasteiger partial charge is 0.239 e. The van der Waals surface area contributed by atoms with Gasteiger partial charge in [0.05, 0.1) is 12.8 Å². The number of hydrogen-bond acceptors (Lipinski definition) is 3. The van der Waals surface area contributed by atoms with Gasteiger partial charge in [-0.05, 0) is 37.0 Å². The quantitative estimate of drug-likeness (QED) is 0.843. The molecule has 1 N–H and O–H groups in total. The van der Waals surface area contributed by atoms with Crippen molar-refractivity contribution in [1.82, 2.24) is 10.2 Å². The molecule has 0 aliphatic carbocycles. The van der Waals surface area contributed by atoms with Crippen molar-refractivity contribution >= 4 is 11.8 Å². The molecule has 1 atom stereocenters. The molecule has 1 saturated heterocycles. The Kier molecular flexibility index (Phi) is 5.88. The Bertz CT molecular complexity index is 682. The Hall–Kier alpha value is -2.56. The van der Waals surface area contributed by atoms with Crippen LogP contribution in [0.15, 0.2) is 53.1 Å². The lowest BCUT2D eigenvalue weighted by Gasteiger charge is -2.26. The van der Waals surface area contributed by atoms with E-state index in [1.165, 1.54) is 0 Å². The molecule has 132 valence electrons. The highest BCUT2D eigenvalue weighted by Crippen LogP contribution is 2.27. The summed E-state index contributed by atoms with van der Waals surface area (Å²) in [5.41, 5.74) is 1.16. The highest BCUT2D eigenvalue weighted by atomic mass is 16.3. The predicted octanol–water partition coefficient (Wildman–Crippen LogP) is 2.93.